The molecule has 19 unspecified atom stereocenters. The first-order valence-corrected chi connectivity index (χ1v) is 18.9. The van der Waals surface area contributed by atoms with Gasteiger partial charge < -0.3 is 64.2 Å². The van der Waals surface area contributed by atoms with E-state index in [1.165, 1.54) is 13.0 Å². The molecule has 3 heterocycles. The topological polar surface area (TPSA) is 231 Å². The molecule has 0 amide bonds. The molecule has 0 aromatic carbocycles. The van der Waals surface area contributed by atoms with Crippen LogP contribution in [0.1, 0.15) is 79.1 Å². The quantitative estimate of drug-likeness (QED) is 0.133. The molecule has 294 valence electrons. The number of rotatable bonds is 7. The van der Waals surface area contributed by atoms with Crippen molar-refractivity contribution >= 4 is 11.9 Å². The maximum Gasteiger partial charge on any atom is 0.331 e. The summed E-state index contributed by atoms with van der Waals surface area (Å²) in [5, 5.41) is 75.3. The van der Waals surface area contributed by atoms with E-state index in [0.717, 1.165) is 31.3 Å². The first-order valence-electron chi connectivity index (χ1n) is 18.9. The molecule has 4 saturated carbocycles. The third-order valence-corrected chi connectivity index (χ3v) is 14.4. The van der Waals surface area contributed by atoms with Gasteiger partial charge in [0.05, 0.1) is 24.4 Å². The SMILES string of the molecule is CC(=O)OC1CC2(O)C3CCC4CC(OC5OC(C)C(O)C(O)C5OC5OC(CO)C(O)C(O)C5O)CCC4(C)C3CCC2(C)C1C1=CC(=O)OC1. The van der Waals surface area contributed by atoms with Crippen molar-refractivity contribution in [3.63, 3.8) is 0 Å². The van der Waals surface area contributed by atoms with Crippen molar-refractivity contribution in [3.8, 4) is 0 Å². The molecule has 2 saturated heterocycles. The molecule has 0 bridgehead atoms. The Balaban J connectivity index is 1.07. The van der Waals surface area contributed by atoms with Gasteiger partial charge in [-0.2, -0.15) is 0 Å². The maximum atomic E-state index is 12.8. The predicted octanol–water partition coefficient (Wildman–Crippen LogP) is -0.178. The van der Waals surface area contributed by atoms with E-state index in [4.69, 9.17) is 28.4 Å². The Hall–Kier alpha value is -1.76. The second-order valence-corrected chi connectivity index (χ2v) is 17.1. The fourth-order valence-electron chi connectivity index (χ4n) is 11.6. The number of carbonyl (C=O) groups excluding carboxylic acids is 2. The van der Waals surface area contributed by atoms with Crippen LogP contribution in [-0.4, -0.2) is 140 Å². The van der Waals surface area contributed by atoms with Crippen LogP contribution in [0, 0.1) is 34.5 Å². The molecule has 4 aliphatic carbocycles. The Morgan fingerprint density at radius 2 is 1.65 bits per heavy atom. The first-order chi connectivity index (χ1) is 24.5. The van der Waals surface area contributed by atoms with Gasteiger partial charge >= 0.3 is 11.9 Å². The number of esters is 2. The molecule has 7 N–H and O–H groups in total. The van der Waals surface area contributed by atoms with Crippen molar-refractivity contribution < 1.29 is 73.8 Å². The van der Waals surface area contributed by atoms with Gasteiger partial charge in [-0.15, -0.1) is 0 Å². The van der Waals surface area contributed by atoms with Crippen LogP contribution in [0.3, 0.4) is 0 Å². The average molecular weight is 741 g/mol. The fraction of sp³-hybridized carbons (Fsp3) is 0.892. The van der Waals surface area contributed by atoms with Gasteiger partial charge in [0, 0.05) is 30.8 Å². The number of carbonyl (C=O) groups is 2. The Morgan fingerprint density at radius 1 is 0.904 bits per heavy atom. The van der Waals surface area contributed by atoms with Crippen LogP contribution < -0.4 is 0 Å². The molecule has 0 radical (unpaired) electrons. The zero-order valence-corrected chi connectivity index (χ0v) is 30.3. The molecular formula is C37H56O15. The van der Waals surface area contributed by atoms with E-state index in [-0.39, 0.29) is 41.8 Å². The van der Waals surface area contributed by atoms with Crippen LogP contribution in [0.2, 0.25) is 0 Å². The highest BCUT2D eigenvalue weighted by Gasteiger charge is 2.71. The Morgan fingerprint density at radius 3 is 2.33 bits per heavy atom. The predicted molar refractivity (Wildman–Crippen MR) is 177 cm³/mol. The Kier molecular flexibility index (Phi) is 10.4. The minimum absolute atomic E-state index is 0.0397. The van der Waals surface area contributed by atoms with Crippen LogP contribution in [0.15, 0.2) is 11.6 Å². The van der Waals surface area contributed by atoms with Crippen molar-refractivity contribution in [2.24, 2.45) is 34.5 Å². The van der Waals surface area contributed by atoms with Crippen molar-refractivity contribution in [3.05, 3.63) is 11.6 Å². The molecule has 6 fully saturated rings. The zero-order valence-electron chi connectivity index (χ0n) is 30.3. The number of cyclic esters (lactones) is 1. The molecule has 0 aromatic rings. The number of aliphatic hydroxyl groups excluding tert-OH is 6. The van der Waals surface area contributed by atoms with Crippen LogP contribution in [-0.2, 0) is 38.0 Å². The lowest BCUT2D eigenvalue weighted by Gasteiger charge is -2.63. The summed E-state index contributed by atoms with van der Waals surface area (Å²) < 4.78 is 35.1. The van der Waals surface area contributed by atoms with Crippen LogP contribution >= 0.6 is 0 Å². The van der Waals surface area contributed by atoms with E-state index in [1.807, 2.05) is 0 Å². The number of ether oxygens (including phenoxy) is 6. The summed E-state index contributed by atoms with van der Waals surface area (Å²) >= 11 is 0. The smallest absolute Gasteiger partial charge is 0.331 e. The van der Waals surface area contributed by atoms with Crippen LogP contribution in [0.5, 0.6) is 0 Å². The highest BCUT2D eigenvalue weighted by atomic mass is 16.8. The normalized spacial score (nSPS) is 53.3. The molecule has 15 nitrogen and oxygen atoms in total. The van der Waals surface area contributed by atoms with E-state index in [9.17, 15) is 45.3 Å². The van der Waals surface area contributed by atoms with Crippen molar-refractivity contribution in [2.45, 2.75) is 158 Å². The highest BCUT2D eigenvalue weighted by Crippen LogP contribution is 2.70. The van der Waals surface area contributed by atoms with Crippen molar-refractivity contribution in [2.75, 3.05) is 13.2 Å². The minimum atomic E-state index is -1.72. The van der Waals surface area contributed by atoms with Crippen LogP contribution in [0.25, 0.3) is 0 Å². The average Bonchev–Trinajstić information content (AvgIpc) is 3.61. The van der Waals surface area contributed by atoms with Gasteiger partial charge in [-0.05, 0) is 80.6 Å². The summed E-state index contributed by atoms with van der Waals surface area (Å²) in [6, 6.07) is 0. The zero-order chi connectivity index (χ0) is 37.5. The molecule has 15 heteroatoms. The second kappa shape index (κ2) is 14.1. The highest BCUT2D eigenvalue weighted by molar-refractivity contribution is 5.85. The molecular weight excluding hydrogens is 684 g/mol. The monoisotopic (exact) mass is 740 g/mol. The number of hydrogen-bond donors (Lipinski definition) is 7. The first kappa shape index (κ1) is 38.5. The molecule has 7 aliphatic rings. The fourth-order valence-corrected chi connectivity index (χ4v) is 11.6. The molecule has 7 rings (SSSR count). The molecule has 0 spiro atoms. The van der Waals surface area contributed by atoms with Gasteiger partial charge in [0.25, 0.3) is 0 Å². The summed E-state index contributed by atoms with van der Waals surface area (Å²) in [4.78, 5) is 24.4. The van der Waals surface area contributed by atoms with E-state index in [0.29, 0.717) is 25.7 Å². The lowest BCUT2D eigenvalue weighted by atomic mass is 9.43. The largest absolute Gasteiger partial charge is 0.462 e. The van der Waals surface area contributed by atoms with Gasteiger partial charge in [-0.3, -0.25) is 4.79 Å². The van der Waals surface area contributed by atoms with Gasteiger partial charge in [0.15, 0.2) is 12.6 Å². The third kappa shape index (κ3) is 6.16. The molecule has 52 heavy (non-hydrogen) atoms. The standard InChI is InChI=1S/C37H56O15/c1-16-27(41)30(44)32(52-33-31(45)29(43)28(42)24(14-38)51-33)34(48-16)50-20-7-9-35(3)19(12-20)5-6-22-21(35)8-10-36(4)26(18-11-25(40)47-15-18)23(49-17(2)39)13-37(22,36)46/h11,16,19-24,26-34,38,41-46H,5-10,12-15H2,1-4H3. The minimum Gasteiger partial charge on any atom is -0.462 e. The van der Waals surface area contributed by atoms with E-state index in [2.05, 4.69) is 13.8 Å². The number of fused-ring (bicyclic) bond motifs is 5. The van der Waals surface area contributed by atoms with Gasteiger partial charge in [0.1, 0.15) is 55.4 Å². The molecule has 0 aromatic heterocycles. The third-order valence-electron chi connectivity index (χ3n) is 14.4. The maximum absolute atomic E-state index is 12.8. The van der Waals surface area contributed by atoms with Crippen molar-refractivity contribution in [1.82, 2.24) is 0 Å². The Bertz CT molecular complexity index is 1390. The van der Waals surface area contributed by atoms with E-state index in [1.54, 1.807) is 6.92 Å². The summed E-state index contributed by atoms with van der Waals surface area (Å²) in [7, 11) is 0. The lowest BCUT2D eigenvalue weighted by molar-refractivity contribution is -0.370. The Labute approximate surface area is 303 Å². The summed E-state index contributed by atoms with van der Waals surface area (Å²) in [6.45, 7) is 6.84. The van der Waals surface area contributed by atoms with Gasteiger partial charge in [-0.1, -0.05) is 13.8 Å². The second-order valence-electron chi connectivity index (χ2n) is 17.1. The number of aliphatic hydroxyl groups is 7. The number of hydrogen-bond acceptors (Lipinski definition) is 15. The molecule has 19 atom stereocenters. The van der Waals surface area contributed by atoms with Gasteiger partial charge in [-0.25, -0.2) is 4.79 Å². The van der Waals surface area contributed by atoms with Crippen molar-refractivity contribution in [1.29, 1.82) is 0 Å². The summed E-state index contributed by atoms with van der Waals surface area (Å²) in [5.74, 6) is -0.761. The summed E-state index contributed by atoms with van der Waals surface area (Å²) in [6.07, 6.45) is -7.73. The summed E-state index contributed by atoms with van der Waals surface area (Å²) in [5.41, 5.74) is -1.08. The lowest BCUT2D eigenvalue weighted by Crippen LogP contribution is -2.64. The van der Waals surface area contributed by atoms with E-state index >= 15 is 0 Å². The van der Waals surface area contributed by atoms with Crippen LogP contribution in [0.4, 0.5) is 0 Å². The molecule has 3 aliphatic heterocycles. The van der Waals surface area contributed by atoms with Gasteiger partial charge in [0.2, 0.25) is 0 Å². The van der Waals surface area contributed by atoms with E-state index < -0.39 is 97.1 Å².